The molecular formula is C21H32F3N5O6. The number of nitrogens with one attached hydrogen (secondary N) is 3. The molecule has 0 saturated carbocycles. The van der Waals surface area contributed by atoms with Gasteiger partial charge in [-0.25, -0.2) is 0 Å². The first kappa shape index (κ1) is 28.3. The maximum atomic E-state index is 13.3. The fourth-order valence-corrected chi connectivity index (χ4v) is 4.25. The molecule has 14 heteroatoms. The maximum absolute atomic E-state index is 13.3. The number of nitrogens with two attached hydrogens (primary N) is 1. The van der Waals surface area contributed by atoms with Gasteiger partial charge in [0.1, 0.15) is 18.1 Å². The second kappa shape index (κ2) is 10.8. The lowest BCUT2D eigenvalue weighted by molar-refractivity contribution is -0.176. The van der Waals surface area contributed by atoms with Gasteiger partial charge in [0, 0.05) is 26.1 Å². The summed E-state index contributed by atoms with van der Waals surface area (Å²) in [6, 6.07) is -4.11. The van der Waals surface area contributed by atoms with Crippen LogP contribution in [0, 0.1) is 11.3 Å². The second-order valence-corrected chi connectivity index (χ2v) is 9.79. The van der Waals surface area contributed by atoms with E-state index in [1.54, 1.807) is 5.32 Å². The van der Waals surface area contributed by atoms with E-state index in [2.05, 4.69) is 10.6 Å². The summed E-state index contributed by atoms with van der Waals surface area (Å²) in [4.78, 5) is 63.0. The fourth-order valence-electron chi connectivity index (χ4n) is 4.25. The summed E-state index contributed by atoms with van der Waals surface area (Å²) < 4.78 is 44.0. The van der Waals surface area contributed by atoms with Crippen molar-refractivity contribution in [3.05, 3.63) is 0 Å². The van der Waals surface area contributed by atoms with Crippen molar-refractivity contribution in [3.63, 3.8) is 0 Å². The van der Waals surface area contributed by atoms with Crippen LogP contribution >= 0.6 is 0 Å². The van der Waals surface area contributed by atoms with Crippen molar-refractivity contribution < 1.29 is 41.9 Å². The summed E-state index contributed by atoms with van der Waals surface area (Å²) in [5.74, 6) is -5.67. The number of hydrogen-bond donors (Lipinski definition) is 4. The molecule has 0 radical (unpaired) electrons. The van der Waals surface area contributed by atoms with Crippen molar-refractivity contribution in [2.75, 3.05) is 20.2 Å². The van der Waals surface area contributed by atoms with Crippen LogP contribution in [0.25, 0.3) is 0 Å². The number of primary amides is 1. The Morgan fingerprint density at radius 1 is 1.17 bits per heavy atom. The van der Waals surface area contributed by atoms with Crippen LogP contribution < -0.4 is 21.7 Å². The Morgan fingerprint density at radius 3 is 2.26 bits per heavy atom. The van der Waals surface area contributed by atoms with Crippen molar-refractivity contribution in [1.29, 1.82) is 0 Å². The number of halogens is 3. The molecule has 2 aliphatic heterocycles. The Hall–Kier alpha value is -2.90. The number of alkyl halides is 3. The molecule has 0 unspecified atom stereocenters. The molecule has 11 nitrogen and oxygen atoms in total. The smallest absolute Gasteiger partial charge is 0.379 e. The Labute approximate surface area is 200 Å². The Balaban J connectivity index is 2.26. The number of carbonyl (C=O) groups excluding carboxylic acids is 5. The Morgan fingerprint density at radius 2 is 1.80 bits per heavy atom. The molecule has 0 bridgehead atoms. The molecule has 2 fully saturated rings. The van der Waals surface area contributed by atoms with Gasteiger partial charge in [-0.1, -0.05) is 20.8 Å². The van der Waals surface area contributed by atoms with Crippen LogP contribution in [0.4, 0.5) is 13.2 Å². The van der Waals surface area contributed by atoms with Crippen LogP contribution in [-0.2, 0) is 28.7 Å². The molecule has 0 aromatic rings. The molecule has 0 aromatic carbocycles. The minimum absolute atomic E-state index is 0.0316. The van der Waals surface area contributed by atoms with Crippen LogP contribution in [0.3, 0.4) is 0 Å². The van der Waals surface area contributed by atoms with E-state index in [-0.39, 0.29) is 25.3 Å². The van der Waals surface area contributed by atoms with Crippen LogP contribution in [-0.4, -0.2) is 85.0 Å². The molecule has 5 atom stereocenters. The third-order valence-corrected chi connectivity index (χ3v) is 6.19. The zero-order chi connectivity index (χ0) is 26.7. The molecule has 5 N–H and O–H groups in total. The van der Waals surface area contributed by atoms with E-state index < -0.39 is 65.4 Å². The summed E-state index contributed by atoms with van der Waals surface area (Å²) in [6.45, 7) is 4.82. The third-order valence-electron chi connectivity index (χ3n) is 6.19. The van der Waals surface area contributed by atoms with E-state index in [1.165, 1.54) is 27.9 Å². The predicted octanol–water partition coefficient (Wildman–Crippen LogP) is -0.808. The number of amides is 5. The number of nitrogens with zero attached hydrogens (tertiary/aromatic N) is 1. The van der Waals surface area contributed by atoms with Crippen LogP contribution in [0.5, 0.6) is 0 Å². The highest BCUT2D eigenvalue weighted by Crippen LogP contribution is 2.28. The van der Waals surface area contributed by atoms with Gasteiger partial charge in [-0.05, 0) is 24.7 Å². The Kier molecular flexibility index (Phi) is 8.74. The highest BCUT2D eigenvalue weighted by atomic mass is 19.4. The number of rotatable bonds is 8. The number of carbonyl (C=O) groups is 5. The quantitative estimate of drug-likeness (QED) is 0.336. The topological polar surface area (TPSA) is 160 Å². The first-order chi connectivity index (χ1) is 16.1. The minimum atomic E-state index is -5.21. The van der Waals surface area contributed by atoms with Gasteiger partial charge in [0.2, 0.25) is 23.6 Å². The maximum Gasteiger partial charge on any atom is 0.471 e. The summed E-state index contributed by atoms with van der Waals surface area (Å²) in [7, 11) is 1.31. The van der Waals surface area contributed by atoms with Crippen LogP contribution in [0.2, 0.25) is 0 Å². The molecule has 198 valence electrons. The average Bonchev–Trinajstić information content (AvgIpc) is 3.35. The van der Waals surface area contributed by atoms with E-state index in [0.29, 0.717) is 13.0 Å². The standard InChI is InChI=1S/C21H32F3N5O6/c1-20(2,3)14(28-19(34)21(22,23)24)18(33)29-8-6-12(35-4)13(29)17(32)27-11(15(25)30)9-10-5-7-26-16(10)31/h10-14H,5-9H2,1-4H3,(H2,25,30)(H,26,31)(H,27,32)(H,28,34)/t10-,11-,12+,13-,14+/m0/s1. The summed E-state index contributed by atoms with van der Waals surface area (Å²) >= 11 is 0. The number of methoxy groups -OCH3 is 1. The SMILES string of the molecule is CO[C@@H]1CCN(C(=O)[C@@H](NC(=O)C(F)(F)F)C(C)(C)C)[C@@H]1C(=O)N[C@@H](C[C@@H]1CCNC1=O)C(N)=O. The highest BCUT2D eigenvalue weighted by molar-refractivity contribution is 5.96. The molecule has 2 saturated heterocycles. The fraction of sp³-hybridized carbons (Fsp3) is 0.762. The van der Waals surface area contributed by atoms with Gasteiger partial charge in [-0.3, -0.25) is 24.0 Å². The largest absolute Gasteiger partial charge is 0.471 e. The summed E-state index contributed by atoms with van der Waals surface area (Å²) in [5, 5.41) is 6.82. The van der Waals surface area contributed by atoms with Gasteiger partial charge in [-0.2, -0.15) is 13.2 Å². The van der Waals surface area contributed by atoms with E-state index in [4.69, 9.17) is 10.5 Å². The lowest BCUT2D eigenvalue weighted by Crippen LogP contribution is -2.61. The molecule has 2 aliphatic rings. The van der Waals surface area contributed by atoms with Crippen LogP contribution in [0.1, 0.15) is 40.0 Å². The van der Waals surface area contributed by atoms with Crippen molar-refractivity contribution >= 4 is 29.5 Å². The third kappa shape index (κ3) is 6.83. The molecule has 0 spiro atoms. The van der Waals surface area contributed by atoms with E-state index in [9.17, 15) is 37.1 Å². The molecule has 5 amide bonds. The lowest BCUT2D eigenvalue weighted by atomic mass is 9.85. The van der Waals surface area contributed by atoms with Crippen molar-refractivity contribution in [2.24, 2.45) is 17.1 Å². The first-order valence-electron chi connectivity index (χ1n) is 11.2. The van der Waals surface area contributed by atoms with E-state index >= 15 is 0 Å². The zero-order valence-electron chi connectivity index (χ0n) is 20.0. The van der Waals surface area contributed by atoms with E-state index in [0.717, 1.165) is 4.90 Å². The van der Waals surface area contributed by atoms with E-state index in [1.807, 2.05) is 0 Å². The second-order valence-electron chi connectivity index (χ2n) is 9.79. The number of hydrogen-bond acceptors (Lipinski definition) is 6. The van der Waals surface area contributed by atoms with Crippen molar-refractivity contribution in [2.45, 2.75) is 70.4 Å². The zero-order valence-corrected chi connectivity index (χ0v) is 20.0. The first-order valence-corrected chi connectivity index (χ1v) is 11.2. The normalized spacial score (nSPS) is 24.5. The van der Waals surface area contributed by atoms with Gasteiger partial charge in [0.15, 0.2) is 0 Å². The van der Waals surface area contributed by atoms with Gasteiger partial charge in [-0.15, -0.1) is 0 Å². The van der Waals surface area contributed by atoms with Gasteiger partial charge in [0.05, 0.1) is 6.10 Å². The summed E-state index contributed by atoms with van der Waals surface area (Å²) in [6.07, 6.45) is -5.42. The predicted molar refractivity (Wildman–Crippen MR) is 115 cm³/mol. The molecule has 2 rings (SSSR count). The van der Waals surface area contributed by atoms with Crippen LogP contribution in [0.15, 0.2) is 0 Å². The monoisotopic (exact) mass is 507 g/mol. The summed E-state index contributed by atoms with van der Waals surface area (Å²) in [5.41, 5.74) is 4.29. The highest BCUT2D eigenvalue weighted by Gasteiger charge is 2.49. The molecule has 0 aromatic heterocycles. The minimum Gasteiger partial charge on any atom is -0.379 e. The van der Waals surface area contributed by atoms with Crippen molar-refractivity contribution in [1.82, 2.24) is 20.9 Å². The lowest BCUT2D eigenvalue weighted by Gasteiger charge is -2.36. The van der Waals surface area contributed by atoms with Gasteiger partial charge >= 0.3 is 12.1 Å². The molecule has 0 aliphatic carbocycles. The average molecular weight is 508 g/mol. The van der Waals surface area contributed by atoms with Gasteiger partial charge in [0.25, 0.3) is 0 Å². The molecule has 2 heterocycles. The number of ether oxygens (including phenoxy) is 1. The van der Waals surface area contributed by atoms with Crippen molar-refractivity contribution in [3.8, 4) is 0 Å². The van der Waals surface area contributed by atoms with Gasteiger partial charge < -0.3 is 31.3 Å². The number of likely N-dealkylation sites (tertiary alicyclic amines) is 1. The Bertz CT molecular complexity index is 859. The molecule has 35 heavy (non-hydrogen) atoms. The molecular weight excluding hydrogens is 475 g/mol.